The summed E-state index contributed by atoms with van der Waals surface area (Å²) in [6.07, 6.45) is 7.00. The first-order chi connectivity index (χ1) is 7.84. The van der Waals surface area contributed by atoms with Crippen LogP contribution in [-0.4, -0.2) is 24.7 Å². The van der Waals surface area contributed by atoms with Gasteiger partial charge in [0.1, 0.15) is 5.75 Å². The molecule has 1 saturated heterocycles. The fourth-order valence-corrected chi connectivity index (χ4v) is 2.15. The van der Waals surface area contributed by atoms with Gasteiger partial charge in [0.2, 0.25) is 0 Å². The minimum Gasteiger partial charge on any atom is -0.492 e. The van der Waals surface area contributed by atoms with Crippen LogP contribution in [0.3, 0.4) is 0 Å². The standard InChI is InChI=1S/C12H17ClN2O/c13-11-6-12(9-15-8-11)16-5-3-10-2-1-4-14-7-10/h6,8-10,14H,1-5,7H2. The summed E-state index contributed by atoms with van der Waals surface area (Å²) in [5.74, 6) is 1.51. The molecule has 2 heterocycles. The average Bonchev–Trinajstić information content (AvgIpc) is 2.30. The van der Waals surface area contributed by atoms with Crippen molar-refractivity contribution in [2.24, 2.45) is 5.92 Å². The normalized spacial score (nSPS) is 20.7. The summed E-state index contributed by atoms with van der Waals surface area (Å²) in [5, 5.41) is 4.03. The van der Waals surface area contributed by atoms with Crippen LogP contribution in [0, 0.1) is 5.92 Å². The molecule has 1 atom stereocenters. The molecule has 88 valence electrons. The Hall–Kier alpha value is -0.800. The average molecular weight is 241 g/mol. The number of hydrogen-bond donors (Lipinski definition) is 1. The van der Waals surface area contributed by atoms with Crippen molar-refractivity contribution in [3.05, 3.63) is 23.5 Å². The van der Waals surface area contributed by atoms with Crippen LogP contribution in [0.15, 0.2) is 18.5 Å². The first-order valence-electron chi connectivity index (χ1n) is 5.78. The number of aromatic nitrogens is 1. The van der Waals surface area contributed by atoms with Crippen molar-refractivity contribution in [3.63, 3.8) is 0 Å². The summed E-state index contributed by atoms with van der Waals surface area (Å²) < 4.78 is 5.61. The number of ether oxygens (including phenoxy) is 1. The maximum absolute atomic E-state index is 5.82. The highest BCUT2D eigenvalue weighted by Gasteiger charge is 2.12. The van der Waals surface area contributed by atoms with Gasteiger partial charge in [-0.2, -0.15) is 0 Å². The van der Waals surface area contributed by atoms with Crippen LogP contribution in [0.25, 0.3) is 0 Å². The Morgan fingerprint density at radius 2 is 2.44 bits per heavy atom. The molecule has 0 spiro atoms. The molecule has 1 fully saturated rings. The zero-order chi connectivity index (χ0) is 11.2. The number of nitrogens with zero attached hydrogens (tertiary/aromatic N) is 1. The molecule has 0 saturated carbocycles. The van der Waals surface area contributed by atoms with Gasteiger partial charge in [-0.15, -0.1) is 0 Å². The number of hydrogen-bond acceptors (Lipinski definition) is 3. The second-order valence-corrected chi connectivity index (χ2v) is 4.62. The number of halogens is 1. The third kappa shape index (κ3) is 3.65. The SMILES string of the molecule is Clc1cncc(OCCC2CCCNC2)c1. The molecular weight excluding hydrogens is 224 g/mol. The maximum atomic E-state index is 5.82. The molecule has 3 nitrogen and oxygen atoms in total. The third-order valence-corrected chi connectivity index (χ3v) is 3.08. The molecule has 0 radical (unpaired) electrons. The van der Waals surface area contributed by atoms with Crippen molar-refractivity contribution < 1.29 is 4.74 Å². The van der Waals surface area contributed by atoms with Crippen LogP contribution >= 0.6 is 11.6 Å². The molecule has 1 aliphatic heterocycles. The number of rotatable bonds is 4. The summed E-state index contributed by atoms with van der Waals surface area (Å²) in [5.41, 5.74) is 0. The van der Waals surface area contributed by atoms with Crippen molar-refractivity contribution in [3.8, 4) is 5.75 Å². The van der Waals surface area contributed by atoms with E-state index in [2.05, 4.69) is 10.3 Å². The fraction of sp³-hybridized carbons (Fsp3) is 0.583. The van der Waals surface area contributed by atoms with E-state index in [1.807, 2.05) is 0 Å². The van der Waals surface area contributed by atoms with E-state index in [0.29, 0.717) is 5.02 Å². The number of piperidine rings is 1. The Bertz CT molecular complexity index is 327. The highest BCUT2D eigenvalue weighted by molar-refractivity contribution is 6.30. The second-order valence-electron chi connectivity index (χ2n) is 4.19. The van der Waals surface area contributed by atoms with Gasteiger partial charge >= 0.3 is 0 Å². The zero-order valence-corrected chi connectivity index (χ0v) is 10.0. The molecule has 1 aliphatic rings. The number of pyridine rings is 1. The molecule has 16 heavy (non-hydrogen) atoms. The summed E-state index contributed by atoms with van der Waals surface area (Å²) in [6, 6.07) is 1.80. The molecule has 0 aliphatic carbocycles. The van der Waals surface area contributed by atoms with Gasteiger partial charge in [-0.25, -0.2) is 0 Å². The van der Waals surface area contributed by atoms with Gasteiger partial charge in [0, 0.05) is 12.3 Å². The Labute approximate surface area is 101 Å². The van der Waals surface area contributed by atoms with Crippen LogP contribution in [0.5, 0.6) is 5.75 Å². The molecule has 0 bridgehead atoms. The van der Waals surface area contributed by atoms with E-state index < -0.39 is 0 Å². The van der Waals surface area contributed by atoms with E-state index in [4.69, 9.17) is 16.3 Å². The van der Waals surface area contributed by atoms with Crippen molar-refractivity contribution in [2.75, 3.05) is 19.7 Å². The second kappa shape index (κ2) is 6.06. The van der Waals surface area contributed by atoms with Crippen LogP contribution in [-0.2, 0) is 0 Å². The van der Waals surface area contributed by atoms with Gasteiger partial charge in [-0.05, 0) is 38.3 Å². The van der Waals surface area contributed by atoms with Crippen molar-refractivity contribution >= 4 is 11.6 Å². The Kier molecular flexibility index (Phi) is 4.43. The van der Waals surface area contributed by atoms with Crippen molar-refractivity contribution in [2.45, 2.75) is 19.3 Å². The van der Waals surface area contributed by atoms with E-state index in [1.54, 1.807) is 18.5 Å². The predicted octanol–water partition coefficient (Wildman–Crippen LogP) is 2.50. The molecule has 1 aromatic heterocycles. The molecular formula is C12H17ClN2O. The van der Waals surface area contributed by atoms with Crippen LogP contribution < -0.4 is 10.1 Å². The lowest BCUT2D eigenvalue weighted by Crippen LogP contribution is -2.30. The van der Waals surface area contributed by atoms with E-state index in [0.717, 1.165) is 37.8 Å². The van der Waals surface area contributed by atoms with Gasteiger partial charge in [-0.3, -0.25) is 4.98 Å². The number of nitrogens with one attached hydrogen (secondary N) is 1. The molecule has 2 rings (SSSR count). The minimum atomic E-state index is 0.622. The molecule has 0 amide bonds. The summed E-state index contributed by atoms with van der Waals surface area (Å²) >= 11 is 5.82. The zero-order valence-electron chi connectivity index (χ0n) is 9.29. The highest BCUT2D eigenvalue weighted by Crippen LogP contribution is 2.17. The largest absolute Gasteiger partial charge is 0.492 e. The van der Waals surface area contributed by atoms with Gasteiger partial charge in [-0.1, -0.05) is 11.6 Å². The smallest absolute Gasteiger partial charge is 0.139 e. The third-order valence-electron chi connectivity index (χ3n) is 2.87. The predicted molar refractivity (Wildman–Crippen MR) is 65.0 cm³/mol. The van der Waals surface area contributed by atoms with Gasteiger partial charge in [0.05, 0.1) is 17.8 Å². The quantitative estimate of drug-likeness (QED) is 0.878. The van der Waals surface area contributed by atoms with Crippen LogP contribution in [0.1, 0.15) is 19.3 Å². The van der Waals surface area contributed by atoms with E-state index in [1.165, 1.54) is 12.8 Å². The maximum Gasteiger partial charge on any atom is 0.139 e. The lowest BCUT2D eigenvalue weighted by Gasteiger charge is -2.22. The van der Waals surface area contributed by atoms with Gasteiger partial charge in [0.25, 0.3) is 0 Å². The first-order valence-corrected chi connectivity index (χ1v) is 6.16. The van der Waals surface area contributed by atoms with Gasteiger partial charge < -0.3 is 10.1 Å². The molecule has 1 aromatic rings. The van der Waals surface area contributed by atoms with E-state index in [9.17, 15) is 0 Å². The monoisotopic (exact) mass is 240 g/mol. The first kappa shape index (κ1) is 11.7. The molecule has 1 N–H and O–H groups in total. The fourth-order valence-electron chi connectivity index (χ4n) is 1.99. The summed E-state index contributed by atoms with van der Waals surface area (Å²) in [4.78, 5) is 3.98. The minimum absolute atomic E-state index is 0.622. The summed E-state index contributed by atoms with van der Waals surface area (Å²) in [6.45, 7) is 3.03. The van der Waals surface area contributed by atoms with Crippen molar-refractivity contribution in [1.82, 2.24) is 10.3 Å². The van der Waals surface area contributed by atoms with E-state index in [-0.39, 0.29) is 0 Å². The molecule has 0 aromatic carbocycles. The Morgan fingerprint density at radius 3 is 3.19 bits per heavy atom. The Balaban J connectivity index is 1.71. The van der Waals surface area contributed by atoms with Gasteiger partial charge in [0.15, 0.2) is 0 Å². The Morgan fingerprint density at radius 1 is 1.50 bits per heavy atom. The van der Waals surface area contributed by atoms with E-state index >= 15 is 0 Å². The topological polar surface area (TPSA) is 34.1 Å². The van der Waals surface area contributed by atoms with Crippen molar-refractivity contribution in [1.29, 1.82) is 0 Å². The van der Waals surface area contributed by atoms with Crippen LogP contribution in [0.2, 0.25) is 5.02 Å². The molecule has 4 heteroatoms. The highest BCUT2D eigenvalue weighted by atomic mass is 35.5. The lowest BCUT2D eigenvalue weighted by atomic mass is 9.97. The lowest BCUT2D eigenvalue weighted by molar-refractivity contribution is 0.253. The molecule has 1 unspecified atom stereocenters. The summed E-state index contributed by atoms with van der Waals surface area (Å²) in [7, 11) is 0. The van der Waals surface area contributed by atoms with Crippen LogP contribution in [0.4, 0.5) is 0 Å².